The van der Waals surface area contributed by atoms with Gasteiger partial charge in [0.05, 0.1) is 6.26 Å². The van der Waals surface area contributed by atoms with E-state index in [9.17, 15) is 0 Å². The second-order valence-corrected chi connectivity index (χ2v) is 8.44. The lowest BCUT2D eigenvalue weighted by Gasteiger charge is -2.29. The summed E-state index contributed by atoms with van der Waals surface area (Å²) in [5.41, 5.74) is 0. The zero-order valence-corrected chi connectivity index (χ0v) is 10.9. The number of rotatable bonds is 6. The predicted molar refractivity (Wildman–Crippen MR) is 66.0 cm³/mol. The van der Waals surface area contributed by atoms with Gasteiger partial charge in [0, 0.05) is 0 Å². The van der Waals surface area contributed by atoms with E-state index >= 15 is 0 Å². The standard InChI is InChI=1S/C12H20O2Si/c1-5-15(6-2,7-3)14-11(4)12-9-8-10-13-12/h8-10H,4-7H2,1-3H3. The molecule has 0 bridgehead atoms. The van der Waals surface area contributed by atoms with Crippen LogP contribution in [0.15, 0.2) is 29.4 Å². The Morgan fingerprint density at radius 2 is 1.93 bits per heavy atom. The quantitative estimate of drug-likeness (QED) is 0.532. The summed E-state index contributed by atoms with van der Waals surface area (Å²) < 4.78 is 11.4. The van der Waals surface area contributed by atoms with Crippen LogP contribution in [0.4, 0.5) is 0 Å². The van der Waals surface area contributed by atoms with Gasteiger partial charge in [-0.3, -0.25) is 0 Å². The molecule has 0 fully saturated rings. The van der Waals surface area contributed by atoms with E-state index in [4.69, 9.17) is 8.84 Å². The lowest BCUT2D eigenvalue weighted by atomic mass is 10.4. The molecule has 1 aromatic heterocycles. The Morgan fingerprint density at radius 3 is 2.33 bits per heavy atom. The smallest absolute Gasteiger partial charge is 0.250 e. The van der Waals surface area contributed by atoms with Crippen molar-refractivity contribution in [3.63, 3.8) is 0 Å². The third-order valence-corrected chi connectivity index (χ3v) is 7.61. The molecule has 0 unspecified atom stereocenters. The molecular formula is C12H20O2Si. The highest BCUT2D eigenvalue weighted by atomic mass is 28.4. The second-order valence-electron chi connectivity index (χ2n) is 3.75. The van der Waals surface area contributed by atoms with Crippen molar-refractivity contribution >= 4 is 14.1 Å². The molecule has 0 aliphatic carbocycles. The normalized spacial score (nSPS) is 11.4. The van der Waals surface area contributed by atoms with Gasteiger partial charge in [-0.15, -0.1) is 0 Å². The fraction of sp³-hybridized carbons (Fsp3) is 0.500. The van der Waals surface area contributed by atoms with Gasteiger partial charge < -0.3 is 8.84 Å². The van der Waals surface area contributed by atoms with E-state index in [2.05, 4.69) is 27.4 Å². The van der Waals surface area contributed by atoms with E-state index in [-0.39, 0.29) is 0 Å². The zero-order chi connectivity index (χ0) is 11.3. The Kier molecular flexibility index (Phi) is 4.21. The summed E-state index contributed by atoms with van der Waals surface area (Å²) in [6.07, 6.45) is 1.65. The molecule has 0 amide bonds. The number of furan rings is 1. The van der Waals surface area contributed by atoms with Crippen molar-refractivity contribution in [3.8, 4) is 0 Å². The lowest BCUT2D eigenvalue weighted by Crippen LogP contribution is -2.34. The molecular weight excluding hydrogens is 204 g/mol. The fourth-order valence-corrected chi connectivity index (χ4v) is 4.27. The van der Waals surface area contributed by atoms with Crippen molar-refractivity contribution in [1.29, 1.82) is 0 Å². The van der Waals surface area contributed by atoms with E-state index in [1.165, 1.54) is 0 Å². The molecule has 0 N–H and O–H groups in total. The van der Waals surface area contributed by atoms with Gasteiger partial charge in [-0.1, -0.05) is 27.4 Å². The number of hydrogen-bond acceptors (Lipinski definition) is 2. The number of hydrogen-bond donors (Lipinski definition) is 0. The minimum Gasteiger partial charge on any atom is -0.541 e. The van der Waals surface area contributed by atoms with E-state index in [1.54, 1.807) is 6.26 Å². The summed E-state index contributed by atoms with van der Waals surface area (Å²) in [6, 6.07) is 7.12. The zero-order valence-electron chi connectivity index (χ0n) is 9.88. The maximum atomic E-state index is 6.08. The van der Waals surface area contributed by atoms with Crippen LogP contribution in [-0.2, 0) is 4.43 Å². The molecule has 0 atom stereocenters. The van der Waals surface area contributed by atoms with Crippen LogP contribution in [-0.4, -0.2) is 8.32 Å². The first-order valence-corrected chi connectivity index (χ1v) is 8.12. The van der Waals surface area contributed by atoms with Crippen LogP contribution in [0.25, 0.3) is 5.76 Å². The third-order valence-electron chi connectivity index (χ3n) is 3.07. The van der Waals surface area contributed by atoms with Crippen molar-refractivity contribution in [1.82, 2.24) is 0 Å². The van der Waals surface area contributed by atoms with Gasteiger partial charge in [-0.2, -0.15) is 0 Å². The molecule has 15 heavy (non-hydrogen) atoms. The first kappa shape index (κ1) is 12.1. The van der Waals surface area contributed by atoms with Crippen molar-refractivity contribution < 1.29 is 8.84 Å². The van der Waals surface area contributed by atoms with Crippen LogP contribution in [0, 0.1) is 0 Å². The summed E-state index contributed by atoms with van der Waals surface area (Å²) >= 11 is 0. The molecule has 0 aliphatic heterocycles. The van der Waals surface area contributed by atoms with Gasteiger partial charge in [0.1, 0.15) is 5.76 Å². The summed E-state index contributed by atoms with van der Waals surface area (Å²) in [5.74, 6) is 1.44. The first-order chi connectivity index (χ1) is 7.17. The maximum Gasteiger partial charge on any atom is 0.250 e. The average Bonchev–Trinajstić information content (AvgIpc) is 2.79. The van der Waals surface area contributed by atoms with Gasteiger partial charge >= 0.3 is 0 Å². The molecule has 84 valence electrons. The fourth-order valence-electron chi connectivity index (χ4n) is 1.72. The van der Waals surface area contributed by atoms with Crippen LogP contribution in [0.2, 0.25) is 18.1 Å². The maximum absolute atomic E-state index is 6.08. The molecule has 0 radical (unpaired) electrons. The van der Waals surface area contributed by atoms with Crippen molar-refractivity contribution in [2.75, 3.05) is 0 Å². The summed E-state index contributed by atoms with van der Waals surface area (Å²) in [6.45, 7) is 10.6. The molecule has 0 aromatic carbocycles. The summed E-state index contributed by atoms with van der Waals surface area (Å²) in [5, 5.41) is 0. The van der Waals surface area contributed by atoms with Crippen LogP contribution in [0.1, 0.15) is 26.5 Å². The van der Waals surface area contributed by atoms with Gasteiger partial charge in [-0.05, 0) is 30.3 Å². The third kappa shape index (κ3) is 2.75. The SMILES string of the molecule is C=C(O[Si](CC)(CC)CC)c1ccco1. The van der Waals surface area contributed by atoms with Crippen LogP contribution < -0.4 is 0 Å². The highest BCUT2D eigenvalue weighted by Crippen LogP contribution is 2.28. The molecule has 1 aromatic rings. The Morgan fingerprint density at radius 1 is 1.33 bits per heavy atom. The topological polar surface area (TPSA) is 22.4 Å². The van der Waals surface area contributed by atoms with Crippen molar-refractivity contribution in [3.05, 3.63) is 30.7 Å². The van der Waals surface area contributed by atoms with Gasteiger partial charge in [0.2, 0.25) is 0 Å². The molecule has 0 spiro atoms. The van der Waals surface area contributed by atoms with Crippen molar-refractivity contribution in [2.24, 2.45) is 0 Å². The second kappa shape index (κ2) is 5.21. The summed E-state index contributed by atoms with van der Waals surface area (Å²) in [7, 11) is -1.60. The predicted octanol–water partition coefficient (Wildman–Crippen LogP) is 4.27. The van der Waals surface area contributed by atoms with E-state index < -0.39 is 8.32 Å². The Bertz CT molecular complexity index is 291. The first-order valence-electron chi connectivity index (χ1n) is 5.59. The molecule has 3 heteroatoms. The average molecular weight is 224 g/mol. The highest BCUT2D eigenvalue weighted by Gasteiger charge is 2.31. The van der Waals surface area contributed by atoms with Gasteiger partial charge in [0.25, 0.3) is 8.32 Å². The molecule has 1 heterocycles. The van der Waals surface area contributed by atoms with Crippen LogP contribution in [0.5, 0.6) is 0 Å². The molecule has 0 aliphatic rings. The molecule has 1 rings (SSSR count). The van der Waals surface area contributed by atoms with Gasteiger partial charge in [0.15, 0.2) is 5.76 Å². The molecule has 0 saturated carbocycles. The minimum absolute atomic E-state index is 0.692. The Balaban J connectivity index is 2.71. The highest BCUT2D eigenvalue weighted by molar-refractivity contribution is 6.74. The van der Waals surface area contributed by atoms with Crippen LogP contribution in [0.3, 0.4) is 0 Å². The van der Waals surface area contributed by atoms with Crippen LogP contribution >= 0.6 is 0 Å². The van der Waals surface area contributed by atoms with Crippen molar-refractivity contribution in [2.45, 2.75) is 38.9 Å². The Hall–Kier alpha value is -0.963. The van der Waals surface area contributed by atoms with E-state index in [0.717, 1.165) is 23.9 Å². The lowest BCUT2D eigenvalue weighted by molar-refractivity contribution is 0.451. The van der Waals surface area contributed by atoms with E-state index in [1.807, 2.05) is 12.1 Å². The minimum atomic E-state index is -1.60. The molecule has 0 saturated heterocycles. The van der Waals surface area contributed by atoms with E-state index in [0.29, 0.717) is 5.76 Å². The van der Waals surface area contributed by atoms with Gasteiger partial charge in [-0.25, -0.2) is 0 Å². The summed E-state index contributed by atoms with van der Waals surface area (Å²) in [4.78, 5) is 0. The largest absolute Gasteiger partial charge is 0.541 e. The molecule has 2 nitrogen and oxygen atoms in total. The Labute approximate surface area is 93.1 Å². The monoisotopic (exact) mass is 224 g/mol.